The number of carbonyl (C=O) groups is 1. The molecule has 6 nitrogen and oxygen atoms in total. The summed E-state index contributed by atoms with van der Waals surface area (Å²) < 4.78 is 41.1. The van der Waals surface area contributed by atoms with Gasteiger partial charge in [0.15, 0.2) is 5.82 Å². The molecule has 1 aliphatic rings. The summed E-state index contributed by atoms with van der Waals surface area (Å²) in [6.45, 7) is 5.98. The van der Waals surface area contributed by atoms with Crippen LogP contribution in [-0.2, 0) is 23.9 Å². The SMILES string of the molecule is Cc1cc(C(F)(F)F)n(-c2ccc(CN3C(=O)Cc4cnc(-c5ccccc5C(C)C)nc43)cc2)n1. The molecule has 0 unspecified atom stereocenters. The van der Waals surface area contributed by atoms with Gasteiger partial charge < -0.3 is 0 Å². The van der Waals surface area contributed by atoms with Crippen molar-refractivity contribution >= 4 is 11.7 Å². The number of aryl methyl sites for hydroxylation is 1. The fourth-order valence-corrected chi connectivity index (χ4v) is 4.45. The zero-order valence-electron chi connectivity index (χ0n) is 20.0. The lowest BCUT2D eigenvalue weighted by atomic mass is 9.97. The molecule has 0 saturated heterocycles. The fourth-order valence-electron chi connectivity index (χ4n) is 4.45. The van der Waals surface area contributed by atoms with Crippen molar-refractivity contribution in [2.75, 3.05) is 4.90 Å². The van der Waals surface area contributed by atoms with Crippen LogP contribution in [0.15, 0.2) is 60.8 Å². The average Bonchev–Trinajstić information content (AvgIpc) is 3.39. The Morgan fingerprint density at radius 3 is 2.47 bits per heavy atom. The second kappa shape index (κ2) is 8.89. The van der Waals surface area contributed by atoms with Crippen molar-refractivity contribution in [3.63, 3.8) is 0 Å². The van der Waals surface area contributed by atoms with Gasteiger partial charge in [-0.25, -0.2) is 14.6 Å². The Hall–Kier alpha value is -4.01. The molecule has 0 radical (unpaired) electrons. The van der Waals surface area contributed by atoms with Crippen molar-refractivity contribution in [3.8, 4) is 17.1 Å². The molecule has 2 aromatic carbocycles. The number of aromatic nitrogens is 4. The first-order valence-electron chi connectivity index (χ1n) is 11.6. The minimum absolute atomic E-state index is 0.0975. The first kappa shape index (κ1) is 23.7. The summed E-state index contributed by atoms with van der Waals surface area (Å²) in [6.07, 6.45) is -2.60. The Bertz CT molecular complexity index is 1440. The molecule has 4 aromatic rings. The van der Waals surface area contributed by atoms with Crippen LogP contribution in [0, 0.1) is 6.92 Å². The number of benzene rings is 2. The van der Waals surface area contributed by atoms with Crippen molar-refractivity contribution in [2.24, 2.45) is 0 Å². The Morgan fingerprint density at radius 2 is 1.78 bits per heavy atom. The normalized spacial score (nSPS) is 13.5. The Kier molecular flexibility index (Phi) is 5.86. The minimum Gasteiger partial charge on any atom is -0.292 e. The zero-order chi connectivity index (χ0) is 25.6. The molecule has 184 valence electrons. The van der Waals surface area contributed by atoms with Gasteiger partial charge in [-0.15, -0.1) is 0 Å². The van der Waals surface area contributed by atoms with Crippen molar-refractivity contribution in [3.05, 3.63) is 88.9 Å². The van der Waals surface area contributed by atoms with E-state index in [1.165, 1.54) is 6.92 Å². The van der Waals surface area contributed by atoms with Crippen molar-refractivity contribution < 1.29 is 18.0 Å². The van der Waals surface area contributed by atoms with Crippen LogP contribution in [0.3, 0.4) is 0 Å². The number of hydrogen-bond acceptors (Lipinski definition) is 4. The first-order chi connectivity index (χ1) is 17.1. The largest absolute Gasteiger partial charge is 0.433 e. The molecule has 36 heavy (non-hydrogen) atoms. The van der Waals surface area contributed by atoms with E-state index >= 15 is 0 Å². The van der Waals surface area contributed by atoms with Crippen LogP contribution < -0.4 is 4.90 Å². The summed E-state index contributed by atoms with van der Waals surface area (Å²) in [5.41, 5.74) is 3.30. The summed E-state index contributed by atoms with van der Waals surface area (Å²) in [7, 11) is 0. The molecule has 9 heteroatoms. The van der Waals surface area contributed by atoms with E-state index in [4.69, 9.17) is 4.98 Å². The van der Waals surface area contributed by atoms with Gasteiger partial charge in [-0.3, -0.25) is 9.69 Å². The predicted octanol–water partition coefficient (Wildman–Crippen LogP) is 5.87. The van der Waals surface area contributed by atoms with Crippen LogP contribution in [0.5, 0.6) is 0 Å². The monoisotopic (exact) mass is 491 g/mol. The highest BCUT2D eigenvalue weighted by Gasteiger charge is 2.36. The van der Waals surface area contributed by atoms with Gasteiger partial charge in [0.05, 0.1) is 24.3 Å². The topological polar surface area (TPSA) is 63.9 Å². The van der Waals surface area contributed by atoms with Crippen LogP contribution in [0.2, 0.25) is 0 Å². The maximum atomic E-state index is 13.4. The molecule has 1 aliphatic heterocycles. The van der Waals surface area contributed by atoms with Crippen molar-refractivity contribution in [2.45, 2.75) is 45.8 Å². The third-order valence-electron chi connectivity index (χ3n) is 6.21. The van der Waals surface area contributed by atoms with Crippen LogP contribution in [-0.4, -0.2) is 25.7 Å². The van der Waals surface area contributed by atoms with Gasteiger partial charge >= 0.3 is 6.18 Å². The first-order valence-corrected chi connectivity index (χ1v) is 11.6. The molecule has 0 atom stereocenters. The van der Waals surface area contributed by atoms with E-state index in [0.29, 0.717) is 17.3 Å². The number of alkyl halides is 3. The smallest absolute Gasteiger partial charge is 0.292 e. The molecule has 0 fully saturated rings. The molecular weight excluding hydrogens is 467 g/mol. The maximum absolute atomic E-state index is 13.4. The highest BCUT2D eigenvalue weighted by Crippen LogP contribution is 2.34. The molecule has 3 heterocycles. The highest BCUT2D eigenvalue weighted by atomic mass is 19.4. The van der Waals surface area contributed by atoms with Crippen LogP contribution >= 0.6 is 0 Å². The number of rotatable bonds is 5. The van der Waals surface area contributed by atoms with E-state index < -0.39 is 11.9 Å². The lowest BCUT2D eigenvalue weighted by molar-refractivity contribution is -0.142. The summed E-state index contributed by atoms with van der Waals surface area (Å²) >= 11 is 0. The van der Waals surface area contributed by atoms with Gasteiger partial charge in [0.2, 0.25) is 5.91 Å². The molecule has 2 aromatic heterocycles. The number of halogens is 3. The molecule has 0 spiro atoms. The Labute approximate surface area is 206 Å². The van der Waals surface area contributed by atoms with E-state index in [1.54, 1.807) is 35.4 Å². The Morgan fingerprint density at radius 1 is 1.06 bits per heavy atom. The number of amides is 1. The minimum atomic E-state index is -4.52. The van der Waals surface area contributed by atoms with E-state index in [9.17, 15) is 18.0 Å². The predicted molar refractivity (Wildman–Crippen MR) is 130 cm³/mol. The third-order valence-corrected chi connectivity index (χ3v) is 6.21. The number of nitrogens with zero attached hydrogens (tertiary/aromatic N) is 5. The van der Waals surface area contributed by atoms with Crippen LogP contribution in [0.4, 0.5) is 19.0 Å². The standard InChI is InChI=1S/C27H24F3N5O/c1-16(2)21-6-4-5-7-22(21)25-31-14-19-13-24(36)34(26(19)32-25)15-18-8-10-20(11-9-18)35-23(27(28,29)30)12-17(3)33-35/h4-12,14,16H,13,15H2,1-3H3. The van der Waals surface area contributed by atoms with Gasteiger partial charge in [-0.05, 0) is 42.2 Å². The Balaban J connectivity index is 1.44. The molecule has 5 rings (SSSR count). The maximum Gasteiger partial charge on any atom is 0.433 e. The van der Waals surface area contributed by atoms with Gasteiger partial charge in [-0.1, -0.05) is 50.2 Å². The second-order valence-corrected chi connectivity index (χ2v) is 9.19. The van der Waals surface area contributed by atoms with Crippen LogP contribution in [0.1, 0.15) is 47.8 Å². The third kappa shape index (κ3) is 4.36. The van der Waals surface area contributed by atoms with Crippen LogP contribution in [0.25, 0.3) is 17.1 Å². The summed E-state index contributed by atoms with van der Waals surface area (Å²) in [4.78, 5) is 23.7. The summed E-state index contributed by atoms with van der Waals surface area (Å²) in [6, 6.07) is 15.5. The second-order valence-electron chi connectivity index (χ2n) is 9.19. The number of hydrogen-bond donors (Lipinski definition) is 0. The zero-order valence-corrected chi connectivity index (χ0v) is 20.0. The lowest BCUT2D eigenvalue weighted by Crippen LogP contribution is -2.26. The van der Waals surface area contributed by atoms with Gasteiger partial charge in [0, 0.05) is 17.3 Å². The van der Waals surface area contributed by atoms with Crippen molar-refractivity contribution in [1.29, 1.82) is 0 Å². The number of carbonyl (C=O) groups excluding carboxylic acids is 1. The number of fused-ring (bicyclic) bond motifs is 1. The quantitative estimate of drug-likeness (QED) is 0.350. The van der Waals surface area contributed by atoms with E-state index in [2.05, 4.69) is 23.9 Å². The summed E-state index contributed by atoms with van der Waals surface area (Å²) in [5, 5.41) is 4.00. The average molecular weight is 492 g/mol. The highest BCUT2D eigenvalue weighted by molar-refractivity contribution is 6.00. The van der Waals surface area contributed by atoms with E-state index in [-0.39, 0.29) is 30.5 Å². The fraction of sp³-hybridized carbons (Fsp3) is 0.259. The van der Waals surface area contributed by atoms with E-state index in [1.807, 2.05) is 24.3 Å². The molecule has 1 amide bonds. The molecule has 0 saturated carbocycles. The van der Waals surface area contributed by atoms with Gasteiger partial charge in [-0.2, -0.15) is 18.3 Å². The molecular formula is C27H24F3N5O. The van der Waals surface area contributed by atoms with Gasteiger partial charge in [0.1, 0.15) is 11.5 Å². The molecule has 0 bridgehead atoms. The summed E-state index contributed by atoms with van der Waals surface area (Å²) in [5.74, 6) is 1.31. The molecule has 0 N–H and O–H groups in total. The van der Waals surface area contributed by atoms with Crippen molar-refractivity contribution in [1.82, 2.24) is 19.7 Å². The molecule has 0 aliphatic carbocycles. The van der Waals surface area contributed by atoms with E-state index in [0.717, 1.165) is 33.0 Å². The number of anilines is 1. The van der Waals surface area contributed by atoms with Gasteiger partial charge in [0.25, 0.3) is 0 Å². The lowest BCUT2D eigenvalue weighted by Gasteiger charge is -2.18.